The van der Waals surface area contributed by atoms with Crippen LogP contribution < -0.4 is 5.73 Å². The van der Waals surface area contributed by atoms with E-state index in [1.807, 2.05) is 6.07 Å². The smallest absolute Gasteiger partial charge is 0.335 e. The summed E-state index contributed by atoms with van der Waals surface area (Å²) < 4.78 is 0. The van der Waals surface area contributed by atoms with E-state index >= 15 is 0 Å². The molecule has 4 rings (SSSR count). The maximum Gasteiger partial charge on any atom is 0.335 e. The summed E-state index contributed by atoms with van der Waals surface area (Å²) in [6, 6.07) is 6.58. The minimum Gasteiger partial charge on any atom is -0.478 e. The fourth-order valence-electron chi connectivity index (χ4n) is 4.71. The predicted molar refractivity (Wildman–Crippen MR) is 99.5 cm³/mol. The van der Waals surface area contributed by atoms with Gasteiger partial charge in [-0.15, -0.1) is 0 Å². The molecule has 1 heterocycles. The zero-order valence-corrected chi connectivity index (χ0v) is 15.3. The van der Waals surface area contributed by atoms with E-state index in [9.17, 15) is 19.5 Å². The number of ketones is 1. The van der Waals surface area contributed by atoms with Crippen LogP contribution in [0.15, 0.2) is 48.4 Å². The van der Waals surface area contributed by atoms with Crippen LogP contribution in [0.4, 0.5) is 0 Å². The van der Waals surface area contributed by atoms with Crippen molar-refractivity contribution in [1.29, 1.82) is 0 Å². The zero-order valence-electron chi connectivity index (χ0n) is 15.3. The maximum absolute atomic E-state index is 12.8. The number of nitrogens with zero attached hydrogens (tertiary/aromatic N) is 2. The normalized spacial score (nSPS) is 26.0. The molecule has 0 saturated heterocycles. The first-order chi connectivity index (χ1) is 13.4. The molecule has 2 aliphatic rings. The number of hydrogen-bond donors (Lipinski definition) is 2. The minimum absolute atomic E-state index is 0.0593. The van der Waals surface area contributed by atoms with Crippen molar-refractivity contribution in [3.05, 3.63) is 70.8 Å². The van der Waals surface area contributed by atoms with Gasteiger partial charge in [-0.25, -0.2) is 14.8 Å². The molecule has 1 aromatic heterocycles. The average molecular weight is 377 g/mol. The Morgan fingerprint density at radius 3 is 2.82 bits per heavy atom. The summed E-state index contributed by atoms with van der Waals surface area (Å²) in [5, 5.41) is 9.46. The Morgan fingerprint density at radius 2 is 2.11 bits per heavy atom. The molecule has 3 N–H and O–H groups in total. The van der Waals surface area contributed by atoms with E-state index in [4.69, 9.17) is 5.73 Å². The maximum atomic E-state index is 12.8. The van der Waals surface area contributed by atoms with Crippen LogP contribution in [0.3, 0.4) is 0 Å². The topological polar surface area (TPSA) is 123 Å². The summed E-state index contributed by atoms with van der Waals surface area (Å²) in [6.07, 6.45) is 6.17. The van der Waals surface area contributed by atoms with Crippen molar-refractivity contribution in [1.82, 2.24) is 9.97 Å². The summed E-state index contributed by atoms with van der Waals surface area (Å²) in [5.74, 6) is -2.74. The molecule has 1 amide bonds. The van der Waals surface area contributed by atoms with Gasteiger partial charge in [-0.05, 0) is 42.0 Å². The largest absolute Gasteiger partial charge is 0.478 e. The number of aromatic carboxylic acids is 1. The Morgan fingerprint density at radius 1 is 1.32 bits per heavy atom. The molecule has 7 nitrogen and oxygen atoms in total. The van der Waals surface area contributed by atoms with Crippen LogP contribution >= 0.6 is 0 Å². The second-order valence-corrected chi connectivity index (χ2v) is 7.37. The molecule has 1 aromatic carbocycles. The second kappa shape index (κ2) is 6.37. The van der Waals surface area contributed by atoms with Gasteiger partial charge in [-0.2, -0.15) is 0 Å². The Hall–Kier alpha value is -3.35. The van der Waals surface area contributed by atoms with Crippen molar-refractivity contribution in [3.8, 4) is 0 Å². The van der Waals surface area contributed by atoms with Crippen LogP contribution in [-0.4, -0.2) is 32.7 Å². The lowest BCUT2D eigenvalue weighted by atomic mass is 9.54. The van der Waals surface area contributed by atoms with Gasteiger partial charge in [-0.3, -0.25) is 9.59 Å². The monoisotopic (exact) mass is 377 g/mol. The molecule has 3 atom stereocenters. The number of hydrogen-bond acceptors (Lipinski definition) is 5. The van der Waals surface area contributed by atoms with Gasteiger partial charge >= 0.3 is 5.97 Å². The van der Waals surface area contributed by atoms with E-state index in [-0.39, 0.29) is 22.8 Å². The molecule has 2 aliphatic carbocycles. The van der Waals surface area contributed by atoms with Gasteiger partial charge in [0.15, 0.2) is 5.78 Å². The Bertz CT molecular complexity index is 1050. The highest BCUT2D eigenvalue weighted by Crippen LogP contribution is 2.53. The van der Waals surface area contributed by atoms with E-state index < -0.39 is 23.2 Å². The summed E-state index contributed by atoms with van der Waals surface area (Å²) >= 11 is 0. The highest BCUT2D eigenvalue weighted by atomic mass is 16.4. The lowest BCUT2D eigenvalue weighted by Crippen LogP contribution is -2.50. The quantitative estimate of drug-likeness (QED) is 0.784. The number of amides is 1. The third kappa shape index (κ3) is 2.46. The Labute approximate surface area is 161 Å². The number of carbonyl (C=O) groups is 3. The molecule has 0 saturated carbocycles. The minimum atomic E-state index is -1.05. The first-order valence-electron chi connectivity index (χ1n) is 9.06. The number of carbonyl (C=O) groups excluding carboxylic acids is 2. The van der Waals surface area contributed by atoms with Crippen molar-refractivity contribution in [2.45, 2.75) is 25.2 Å². The number of aromatic nitrogens is 2. The van der Waals surface area contributed by atoms with Crippen LogP contribution in [0.2, 0.25) is 0 Å². The number of carboxylic acid groups (broad SMARTS) is 1. The average Bonchev–Trinajstić information content (AvgIpc) is 2.70. The Kier molecular flexibility index (Phi) is 4.10. The van der Waals surface area contributed by atoms with E-state index in [1.54, 1.807) is 31.3 Å². The summed E-state index contributed by atoms with van der Waals surface area (Å²) in [5.41, 5.74) is 6.96. The van der Waals surface area contributed by atoms with Crippen LogP contribution in [0.25, 0.3) is 0 Å². The molecule has 0 spiro atoms. The summed E-state index contributed by atoms with van der Waals surface area (Å²) in [7, 11) is 0. The molecule has 0 aliphatic heterocycles. The number of aryl methyl sites for hydroxylation is 1. The highest BCUT2D eigenvalue weighted by molar-refractivity contribution is 6.20. The predicted octanol–water partition coefficient (Wildman–Crippen LogP) is 1.65. The van der Waals surface area contributed by atoms with E-state index in [0.717, 1.165) is 5.56 Å². The molecule has 0 fully saturated rings. The first kappa shape index (κ1) is 18.0. The second-order valence-electron chi connectivity index (χ2n) is 7.37. The summed E-state index contributed by atoms with van der Waals surface area (Å²) in [6.45, 7) is 1.80. The zero-order chi connectivity index (χ0) is 20.1. The van der Waals surface area contributed by atoms with Gasteiger partial charge < -0.3 is 10.8 Å². The standard InChI is InChI=1S/C21H19N3O4/c1-11-16-6-5-13-9-23-10-24-18(13)21(16,8-15(17(11)25)19(22)26)14-4-2-3-12(7-14)20(27)28/h2-4,7-11,16H,5-6H2,1H3,(H2,22,26)(H,27,28)/t11-,16-,21+/m0/s1. The van der Waals surface area contributed by atoms with Gasteiger partial charge in [0, 0.05) is 12.1 Å². The van der Waals surface area contributed by atoms with Crippen molar-refractivity contribution in [2.24, 2.45) is 17.6 Å². The fourth-order valence-corrected chi connectivity index (χ4v) is 4.71. The van der Waals surface area contributed by atoms with E-state index in [2.05, 4.69) is 9.97 Å². The summed E-state index contributed by atoms with van der Waals surface area (Å²) in [4.78, 5) is 45.0. The number of allylic oxidation sites excluding steroid dienone is 1. The van der Waals surface area contributed by atoms with Gasteiger partial charge in [-0.1, -0.05) is 25.1 Å². The third-order valence-electron chi connectivity index (χ3n) is 6.00. The van der Waals surface area contributed by atoms with Gasteiger partial charge in [0.1, 0.15) is 6.33 Å². The van der Waals surface area contributed by atoms with Crippen molar-refractivity contribution in [3.63, 3.8) is 0 Å². The molecule has 0 radical (unpaired) electrons. The van der Waals surface area contributed by atoms with Gasteiger partial charge in [0.25, 0.3) is 5.91 Å². The van der Waals surface area contributed by atoms with E-state index in [0.29, 0.717) is 24.1 Å². The van der Waals surface area contributed by atoms with Crippen LogP contribution in [0, 0.1) is 11.8 Å². The van der Waals surface area contributed by atoms with Crippen molar-refractivity contribution in [2.75, 3.05) is 0 Å². The lowest BCUT2D eigenvalue weighted by Gasteiger charge is -2.48. The van der Waals surface area contributed by atoms with E-state index in [1.165, 1.54) is 12.4 Å². The molecule has 0 unspecified atom stereocenters. The molecule has 7 heteroatoms. The molecule has 2 aromatic rings. The number of fused-ring (bicyclic) bond motifs is 3. The number of carboxylic acids is 1. The van der Waals surface area contributed by atoms with Crippen molar-refractivity contribution >= 4 is 17.7 Å². The number of rotatable bonds is 3. The number of nitrogens with two attached hydrogens (primary N) is 1. The van der Waals surface area contributed by atoms with Crippen molar-refractivity contribution < 1.29 is 19.5 Å². The van der Waals surface area contributed by atoms with Crippen LogP contribution in [0.5, 0.6) is 0 Å². The van der Waals surface area contributed by atoms with Gasteiger partial charge in [0.2, 0.25) is 0 Å². The van der Waals surface area contributed by atoms with Crippen LogP contribution in [-0.2, 0) is 21.4 Å². The van der Waals surface area contributed by atoms with Crippen LogP contribution in [0.1, 0.15) is 40.5 Å². The highest BCUT2D eigenvalue weighted by Gasteiger charge is 2.53. The molecule has 28 heavy (non-hydrogen) atoms. The van der Waals surface area contributed by atoms with Gasteiger partial charge in [0.05, 0.1) is 22.2 Å². The number of Topliss-reactive ketones (excluding diaryl/α,β-unsaturated/α-hetero) is 1. The molecule has 142 valence electrons. The lowest BCUT2D eigenvalue weighted by molar-refractivity contribution is -0.125. The first-order valence-corrected chi connectivity index (χ1v) is 9.06. The molecular weight excluding hydrogens is 358 g/mol. The molecular formula is C21H19N3O4. The number of benzene rings is 1. The Balaban J connectivity index is 2.09. The molecule has 0 bridgehead atoms. The fraction of sp³-hybridized carbons (Fsp3) is 0.286. The third-order valence-corrected chi connectivity index (χ3v) is 6.00. The SMILES string of the molecule is C[C@@H]1C(=O)C(C(N)=O)=C[C@]2(c3cccc(C(=O)O)c3)c3ncncc3CC[C@@H]12. The number of primary amides is 1.